The third-order valence-corrected chi connectivity index (χ3v) is 5.87. The Balaban J connectivity index is 1.77. The molecule has 0 spiro atoms. The van der Waals surface area contributed by atoms with Crippen LogP contribution in [0.4, 0.5) is 5.69 Å². The molecule has 140 valence electrons. The summed E-state index contributed by atoms with van der Waals surface area (Å²) in [5.74, 6) is -0.614. The number of hydrogen-bond acceptors (Lipinski definition) is 3. The lowest BCUT2D eigenvalue weighted by Crippen LogP contribution is -2.16. The van der Waals surface area contributed by atoms with Crippen molar-refractivity contribution in [3.05, 3.63) is 77.3 Å². The molecule has 0 aliphatic carbocycles. The standard InChI is InChI=1S/C20H19ClN2O3S/c1-2-27(25,26)12-10-20(24)22-17-8-7-15-9-11-23(19(15)13-17)14-16-5-3-4-6-18(16)21/h2-9,11,13H,1,10,12,14H2,(H,22,24). The van der Waals surface area contributed by atoms with Crippen LogP contribution in [-0.2, 0) is 21.2 Å². The van der Waals surface area contributed by atoms with Gasteiger partial charge in [0.05, 0.1) is 11.3 Å². The molecule has 27 heavy (non-hydrogen) atoms. The van der Waals surface area contributed by atoms with Gasteiger partial charge in [-0.1, -0.05) is 42.4 Å². The van der Waals surface area contributed by atoms with Crippen LogP contribution in [0.15, 0.2) is 66.7 Å². The number of nitrogens with one attached hydrogen (secondary N) is 1. The minimum atomic E-state index is -3.39. The first-order chi connectivity index (χ1) is 12.9. The Labute approximate surface area is 163 Å². The van der Waals surface area contributed by atoms with Gasteiger partial charge in [-0.15, -0.1) is 0 Å². The molecule has 0 aliphatic rings. The Morgan fingerprint density at radius 2 is 1.96 bits per heavy atom. The van der Waals surface area contributed by atoms with Crippen LogP contribution in [0.1, 0.15) is 12.0 Å². The molecular formula is C20H19ClN2O3S. The molecule has 3 aromatic rings. The number of sulfone groups is 1. The second-order valence-electron chi connectivity index (χ2n) is 6.14. The Morgan fingerprint density at radius 1 is 1.19 bits per heavy atom. The number of fused-ring (bicyclic) bond motifs is 1. The van der Waals surface area contributed by atoms with E-state index < -0.39 is 9.84 Å². The van der Waals surface area contributed by atoms with Crippen molar-refractivity contribution in [2.24, 2.45) is 0 Å². The van der Waals surface area contributed by atoms with Crippen LogP contribution < -0.4 is 5.32 Å². The van der Waals surface area contributed by atoms with Gasteiger partial charge in [0, 0.05) is 35.3 Å². The van der Waals surface area contributed by atoms with E-state index in [9.17, 15) is 13.2 Å². The summed E-state index contributed by atoms with van der Waals surface area (Å²) in [5.41, 5.74) is 2.56. The monoisotopic (exact) mass is 402 g/mol. The third kappa shape index (κ3) is 4.78. The maximum Gasteiger partial charge on any atom is 0.225 e. The zero-order valence-corrected chi connectivity index (χ0v) is 16.1. The van der Waals surface area contributed by atoms with Crippen molar-refractivity contribution in [1.82, 2.24) is 4.57 Å². The van der Waals surface area contributed by atoms with E-state index in [-0.39, 0.29) is 18.1 Å². The Hall–Kier alpha value is -2.57. The van der Waals surface area contributed by atoms with E-state index in [1.54, 1.807) is 6.07 Å². The van der Waals surface area contributed by atoms with Gasteiger partial charge in [-0.25, -0.2) is 8.42 Å². The average Bonchev–Trinajstić information content (AvgIpc) is 3.04. The predicted molar refractivity (Wildman–Crippen MR) is 110 cm³/mol. The summed E-state index contributed by atoms with van der Waals surface area (Å²) in [7, 11) is -3.39. The quantitative estimate of drug-likeness (QED) is 0.643. The number of aromatic nitrogens is 1. The smallest absolute Gasteiger partial charge is 0.225 e. The van der Waals surface area contributed by atoms with E-state index in [4.69, 9.17) is 11.6 Å². The summed E-state index contributed by atoms with van der Waals surface area (Å²) < 4.78 is 24.9. The lowest BCUT2D eigenvalue weighted by molar-refractivity contribution is -0.115. The molecule has 0 fully saturated rings. The molecule has 1 aromatic heterocycles. The van der Waals surface area contributed by atoms with Crippen molar-refractivity contribution in [2.45, 2.75) is 13.0 Å². The molecule has 1 N–H and O–H groups in total. The number of halogens is 1. The van der Waals surface area contributed by atoms with Crippen LogP contribution in [0.3, 0.4) is 0 Å². The van der Waals surface area contributed by atoms with Crippen LogP contribution in [-0.4, -0.2) is 24.6 Å². The van der Waals surface area contributed by atoms with Crippen LogP contribution in [0.2, 0.25) is 5.02 Å². The highest BCUT2D eigenvalue weighted by Crippen LogP contribution is 2.23. The normalized spacial score (nSPS) is 11.4. The third-order valence-electron chi connectivity index (χ3n) is 4.22. The maximum atomic E-state index is 12.0. The van der Waals surface area contributed by atoms with Gasteiger partial charge in [0.25, 0.3) is 0 Å². The summed E-state index contributed by atoms with van der Waals surface area (Å²) in [4.78, 5) is 12.0. The molecule has 1 heterocycles. The van der Waals surface area contributed by atoms with Crippen molar-refractivity contribution in [3.63, 3.8) is 0 Å². The highest BCUT2D eigenvalue weighted by molar-refractivity contribution is 7.94. The molecule has 7 heteroatoms. The van der Waals surface area contributed by atoms with Crippen molar-refractivity contribution >= 4 is 43.9 Å². The second-order valence-corrected chi connectivity index (χ2v) is 8.61. The number of hydrogen-bond donors (Lipinski definition) is 1. The van der Waals surface area contributed by atoms with Crippen LogP contribution >= 0.6 is 11.6 Å². The first-order valence-corrected chi connectivity index (χ1v) is 10.4. The first-order valence-electron chi connectivity index (χ1n) is 8.35. The molecule has 0 unspecified atom stereocenters. The van der Waals surface area contributed by atoms with E-state index in [1.807, 2.05) is 53.2 Å². The highest BCUT2D eigenvalue weighted by atomic mass is 35.5. The molecule has 0 aliphatic heterocycles. The molecule has 2 aromatic carbocycles. The van der Waals surface area contributed by atoms with Crippen LogP contribution in [0.5, 0.6) is 0 Å². The number of carbonyl (C=O) groups excluding carboxylic acids is 1. The largest absolute Gasteiger partial charge is 0.343 e. The second kappa shape index (κ2) is 7.98. The lowest BCUT2D eigenvalue weighted by Gasteiger charge is -2.09. The molecule has 0 atom stereocenters. The number of nitrogens with zero attached hydrogens (tertiary/aromatic N) is 1. The fourth-order valence-corrected chi connectivity index (χ4v) is 3.58. The van der Waals surface area contributed by atoms with Gasteiger partial charge in [0.1, 0.15) is 0 Å². The molecule has 3 rings (SSSR count). The number of carbonyl (C=O) groups is 1. The molecule has 0 radical (unpaired) electrons. The lowest BCUT2D eigenvalue weighted by atomic mass is 10.2. The molecule has 1 amide bonds. The molecule has 5 nitrogen and oxygen atoms in total. The fraction of sp³-hybridized carbons (Fsp3) is 0.150. The van der Waals surface area contributed by atoms with E-state index in [2.05, 4.69) is 11.9 Å². The van der Waals surface area contributed by atoms with Gasteiger partial charge < -0.3 is 9.88 Å². The summed E-state index contributed by atoms with van der Waals surface area (Å²) in [6, 6.07) is 15.2. The van der Waals surface area contributed by atoms with Gasteiger partial charge in [-0.2, -0.15) is 0 Å². The molecular weight excluding hydrogens is 384 g/mol. The average molecular weight is 403 g/mol. The van der Waals surface area contributed by atoms with E-state index >= 15 is 0 Å². The minimum absolute atomic E-state index is 0.118. The van der Waals surface area contributed by atoms with Gasteiger partial charge in [-0.3, -0.25) is 4.79 Å². The summed E-state index contributed by atoms with van der Waals surface area (Å²) in [6.07, 6.45) is 1.85. The summed E-state index contributed by atoms with van der Waals surface area (Å²) in [5, 5.41) is 5.35. The zero-order chi connectivity index (χ0) is 19.4. The van der Waals surface area contributed by atoms with Crippen molar-refractivity contribution in [1.29, 1.82) is 0 Å². The van der Waals surface area contributed by atoms with Gasteiger partial charge in [0.2, 0.25) is 5.91 Å². The van der Waals surface area contributed by atoms with Crippen molar-refractivity contribution < 1.29 is 13.2 Å². The highest BCUT2D eigenvalue weighted by Gasteiger charge is 2.11. The van der Waals surface area contributed by atoms with Crippen LogP contribution in [0.25, 0.3) is 10.9 Å². The van der Waals surface area contributed by atoms with Gasteiger partial charge >= 0.3 is 0 Å². The topological polar surface area (TPSA) is 68.2 Å². The molecule has 0 bridgehead atoms. The molecule has 0 saturated carbocycles. The maximum absolute atomic E-state index is 12.0. The number of anilines is 1. The molecule has 0 saturated heterocycles. The van der Waals surface area contributed by atoms with Crippen molar-refractivity contribution in [3.8, 4) is 0 Å². The number of amides is 1. The Morgan fingerprint density at radius 3 is 2.70 bits per heavy atom. The summed E-state index contributed by atoms with van der Waals surface area (Å²) >= 11 is 6.25. The number of benzene rings is 2. The Bertz CT molecular complexity index is 1100. The van der Waals surface area contributed by atoms with E-state index in [0.717, 1.165) is 21.9 Å². The number of rotatable bonds is 7. The van der Waals surface area contributed by atoms with Crippen molar-refractivity contribution in [2.75, 3.05) is 11.1 Å². The van der Waals surface area contributed by atoms with E-state index in [1.165, 1.54) is 0 Å². The van der Waals surface area contributed by atoms with E-state index in [0.29, 0.717) is 17.3 Å². The van der Waals surface area contributed by atoms with Gasteiger partial charge in [-0.05, 0) is 35.2 Å². The summed E-state index contributed by atoms with van der Waals surface area (Å²) in [6.45, 7) is 3.85. The SMILES string of the molecule is C=CS(=O)(=O)CCC(=O)Nc1ccc2ccn(Cc3ccccc3Cl)c2c1. The van der Waals surface area contributed by atoms with Crippen LogP contribution in [0, 0.1) is 0 Å². The zero-order valence-electron chi connectivity index (χ0n) is 14.6. The fourth-order valence-electron chi connectivity index (χ4n) is 2.75. The Kier molecular flexibility index (Phi) is 5.68. The minimum Gasteiger partial charge on any atom is -0.343 e. The first kappa shape index (κ1) is 19.2. The predicted octanol–water partition coefficient (Wildman–Crippen LogP) is 4.23. The van der Waals surface area contributed by atoms with Gasteiger partial charge in [0.15, 0.2) is 9.84 Å².